The maximum absolute atomic E-state index is 12.3. The van der Waals surface area contributed by atoms with Crippen LogP contribution in [-0.2, 0) is 9.59 Å². The molecule has 2 N–H and O–H groups in total. The Labute approximate surface area is 125 Å². The molecule has 7 nitrogen and oxygen atoms in total. The second-order valence-corrected chi connectivity index (χ2v) is 6.04. The lowest BCUT2D eigenvalue weighted by molar-refractivity contribution is -0.131. The number of carbonyl (C=O) groups excluding carboxylic acids is 3. The predicted octanol–water partition coefficient (Wildman–Crippen LogP) is -0.225. The van der Waals surface area contributed by atoms with Gasteiger partial charge in [-0.1, -0.05) is 13.8 Å². The molecule has 1 atom stereocenters. The Kier molecular flexibility index (Phi) is 5.17. The van der Waals surface area contributed by atoms with Gasteiger partial charge in [0.05, 0.1) is 12.6 Å². The predicted molar refractivity (Wildman–Crippen MR) is 77.6 cm³/mol. The number of imide groups is 1. The molecule has 0 aromatic rings. The molecule has 2 fully saturated rings. The number of amides is 4. The molecule has 0 bridgehead atoms. The summed E-state index contributed by atoms with van der Waals surface area (Å²) in [6, 6.07) is -0.623. The van der Waals surface area contributed by atoms with Crippen LogP contribution in [0.4, 0.5) is 4.79 Å². The third kappa shape index (κ3) is 3.93. The van der Waals surface area contributed by atoms with E-state index in [0.29, 0.717) is 38.5 Å². The number of hydrogen-bond acceptors (Lipinski definition) is 4. The maximum Gasteiger partial charge on any atom is 0.324 e. The molecule has 21 heavy (non-hydrogen) atoms. The molecule has 0 spiro atoms. The summed E-state index contributed by atoms with van der Waals surface area (Å²) >= 11 is 0. The Hall–Kier alpha value is -1.63. The molecule has 2 aliphatic heterocycles. The molecule has 0 aliphatic carbocycles. The van der Waals surface area contributed by atoms with Crippen molar-refractivity contribution in [1.82, 2.24) is 20.4 Å². The highest BCUT2D eigenvalue weighted by Crippen LogP contribution is 2.15. The quantitative estimate of drug-likeness (QED) is 0.751. The number of carbonyl (C=O) groups is 3. The fourth-order valence-corrected chi connectivity index (χ4v) is 2.79. The van der Waals surface area contributed by atoms with Gasteiger partial charge in [0, 0.05) is 26.2 Å². The monoisotopic (exact) mass is 296 g/mol. The topological polar surface area (TPSA) is 81.8 Å². The molecular formula is C14H24N4O3. The minimum absolute atomic E-state index is 0.0140. The first-order valence-electron chi connectivity index (χ1n) is 7.59. The first-order chi connectivity index (χ1) is 9.99. The summed E-state index contributed by atoms with van der Waals surface area (Å²) in [6.45, 7) is 6.49. The van der Waals surface area contributed by atoms with E-state index in [0.717, 1.165) is 6.42 Å². The number of rotatable bonds is 4. The van der Waals surface area contributed by atoms with Crippen LogP contribution in [0.5, 0.6) is 0 Å². The molecule has 0 saturated carbocycles. The van der Waals surface area contributed by atoms with Gasteiger partial charge in [-0.15, -0.1) is 0 Å². The summed E-state index contributed by atoms with van der Waals surface area (Å²) < 4.78 is 0. The molecule has 2 heterocycles. The Morgan fingerprint density at radius 2 is 2.00 bits per heavy atom. The highest BCUT2D eigenvalue weighted by molar-refractivity contribution is 5.97. The van der Waals surface area contributed by atoms with E-state index >= 15 is 0 Å². The number of hydrogen-bond donors (Lipinski definition) is 2. The van der Waals surface area contributed by atoms with Gasteiger partial charge in [0.15, 0.2) is 0 Å². The molecule has 0 aromatic carbocycles. The lowest BCUT2D eigenvalue weighted by Crippen LogP contribution is -2.50. The van der Waals surface area contributed by atoms with Gasteiger partial charge in [0.2, 0.25) is 11.8 Å². The molecule has 2 rings (SSSR count). The lowest BCUT2D eigenvalue weighted by Gasteiger charge is -2.29. The molecule has 2 aliphatic rings. The van der Waals surface area contributed by atoms with E-state index in [4.69, 9.17) is 0 Å². The zero-order valence-corrected chi connectivity index (χ0v) is 12.7. The van der Waals surface area contributed by atoms with Gasteiger partial charge in [-0.25, -0.2) is 4.79 Å². The average molecular weight is 296 g/mol. The Morgan fingerprint density at radius 3 is 2.62 bits per heavy atom. The van der Waals surface area contributed by atoms with E-state index in [1.54, 1.807) is 0 Å². The average Bonchev–Trinajstić information content (AvgIpc) is 2.78. The SMILES string of the molecule is CC(C)CC1C(=O)NCCCN1CC(=O)N1CCNC1=O. The first kappa shape index (κ1) is 15.8. The minimum Gasteiger partial charge on any atom is -0.355 e. The first-order valence-corrected chi connectivity index (χ1v) is 7.59. The van der Waals surface area contributed by atoms with Crippen molar-refractivity contribution in [3.63, 3.8) is 0 Å². The Balaban J connectivity index is 2.04. The zero-order valence-electron chi connectivity index (χ0n) is 12.7. The number of nitrogens with zero attached hydrogens (tertiary/aromatic N) is 2. The van der Waals surface area contributed by atoms with E-state index < -0.39 is 0 Å². The molecule has 0 aromatic heterocycles. The summed E-state index contributed by atoms with van der Waals surface area (Å²) in [4.78, 5) is 39.1. The second-order valence-electron chi connectivity index (χ2n) is 6.04. The van der Waals surface area contributed by atoms with Crippen molar-refractivity contribution in [3.8, 4) is 0 Å². The van der Waals surface area contributed by atoms with Gasteiger partial charge >= 0.3 is 6.03 Å². The van der Waals surface area contributed by atoms with Gasteiger partial charge < -0.3 is 10.6 Å². The molecule has 1 unspecified atom stereocenters. The summed E-state index contributed by atoms with van der Waals surface area (Å²) in [5, 5.41) is 5.52. The summed E-state index contributed by atoms with van der Waals surface area (Å²) in [5.41, 5.74) is 0. The van der Waals surface area contributed by atoms with Gasteiger partial charge in [-0.3, -0.25) is 19.4 Å². The van der Waals surface area contributed by atoms with Crippen molar-refractivity contribution in [1.29, 1.82) is 0 Å². The standard InChI is InChI=1S/C14H24N4O3/c1-10(2)8-11-13(20)15-4-3-6-17(11)9-12(19)18-7-5-16-14(18)21/h10-11H,3-9H2,1-2H3,(H,15,20)(H,16,21). The highest BCUT2D eigenvalue weighted by atomic mass is 16.2. The van der Waals surface area contributed by atoms with E-state index in [2.05, 4.69) is 24.5 Å². The third-order valence-corrected chi connectivity index (χ3v) is 3.86. The van der Waals surface area contributed by atoms with E-state index in [1.807, 2.05) is 4.90 Å². The van der Waals surface area contributed by atoms with Crippen molar-refractivity contribution < 1.29 is 14.4 Å². The van der Waals surface area contributed by atoms with Crippen molar-refractivity contribution in [2.75, 3.05) is 32.7 Å². The van der Waals surface area contributed by atoms with Gasteiger partial charge in [0.25, 0.3) is 0 Å². The lowest BCUT2D eigenvalue weighted by atomic mass is 10.0. The summed E-state index contributed by atoms with van der Waals surface area (Å²) in [5.74, 6) is 0.125. The van der Waals surface area contributed by atoms with Crippen molar-refractivity contribution in [2.24, 2.45) is 5.92 Å². The number of urea groups is 1. The summed E-state index contributed by atoms with van der Waals surface area (Å²) in [6.07, 6.45) is 1.53. The highest BCUT2D eigenvalue weighted by Gasteiger charge is 2.33. The van der Waals surface area contributed by atoms with Crippen LogP contribution in [0.3, 0.4) is 0 Å². The van der Waals surface area contributed by atoms with Crippen LogP contribution in [0.1, 0.15) is 26.7 Å². The van der Waals surface area contributed by atoms with Crippen LogP contribution in [0.25, 0.3) is 0 Å². The smallest absolute Gasteiger partial charge is 0.324 e. The second kappa shape index (κ2) is 6.89. The molecule has 7 heteroatoms. The summed E-state index contributed by atoms with van der Waals surface area (Å²) in [7, 11) is 0. The fraction of sp³-hybridized carbons (Fsp3) is 0.786. The van der Waals surface area contributed by atoms with Crippen molar-refractivity contribution >= 4 is 17.8 Å². The van der Waals surface area contributed by atoms with E-state index in [-0.39, 0.29) is 30.4 Å². The molecular weight excluding hydrogens is 272 g/mol. The van der Waals surface area contributed by atoms with E-state index in [9.17, 15) is 14.4 Å². The van der Waals surface area contributed by atoms with Gasteiger partial charge in [-0.2, -0.15) is 0 Å². The fourth-order valence-electron chi connectivity index (χ4n) is 2.79. The zero-order chi connectivity index (χ0) is 15.4. The van der Waals surface area contributed by atoms with Crippen molar-refractivity contribution in [2.45, 2.75) is 32.7 Å². The van der Waals surface area contributed by atoms with Crippen LogP contribution >= 0.6 is 0 Å². The third-order valence-electron chi connectivity index (χ3n) is 3.86. The van der Waals surface area contributed by atoms with Crippen LogP contribution < -0.4 is 10.6 Å². The molecule has 118 valence electrons. The molecule has 4 amide bonds. The van der Waals surface area contributed by atoms with Gasteiger partial charge in [-0.05, 0) is 18.8 Å². The molecule has 2 saturated heterocycles. The van der Waals surface area contributed by atoms with Crippen LogP contribution in [-0.4, -0.2) is 66.4 Å². The van der Waals surface area contributed by atoms with Crippen LogP contribution in [0.15, 0.2) is 0 Å². The Bertz CT molecular complexity index is 424. The molecule has 0 radical (unpaired) electrons. The van der Waals surface area contributed by atoms with Crippen molar-refractivity contribution in [3.05, 3.63) is 0 Å². The largest absolute Gasteiger partial charge is 0.355 e. The van der Waals surface area contributed by atoms with Crippen LogP contribution in [0, 0.1) is 5.92 Å². The van der Waals surface area contributed by atoms with Gasteiger partial charge in [0.1, 0.15) is 0 Å². The number of nitrogens with one attached hydrogen (secondary N) is 2. The normalized spacial score (nSPS) is 24.0. The minimum atomic E-state index is -0.334. The van der Waals surface area contributed by atoms with E-state index in [1.165, 1.54) is 4.90 Å². The van der Waals surface area contributed by atoms with Crippen LogP contribution in [0.2, 0.25) is 0 Å². The Morgan fingerprint density at radius 1 is 1.24 bits per heavy atom. The maximum atomic E-state index is 12.3.